The summed E-state index contributed by atoms with van der Waals surface area (Å²) in [5, 5.41) is 14.3. The quantitative estimate of drug-likeness (QED) is 0.796. The number of aliphatic hydroxyl groups is 1. The summed E-state index contributed by atoms with van der Waals surface area (Å²) in [6, 6.07) is 10.1. The number of hydrogen-bond acceptors (Lipinski definition) is 5. The summed E-state index contributed by atoms with van der Waals surface area (Å²) in [5.74, 6) is 0.812. The highest BCUT2D eigenvalue weighted by atomic mass is 16.5. The van der Waals surface area contributed by atoms with Crippen molar-refractivity contribution in [2.24, 2.45) is 0 Å². The third-order valence-corrected chi connectivity index (χ3v) is 4.07. The average molecular weight is 317 g/mol. The summed E-state index contributed by atoms with van der Waals surface area (Å²) in [6.07, 6.45) is 3.29. The van der Waals surface area contributed by atoms with Gasteiger partial charge < -0.3 is 14.6 Å². The highest BCUT2D eigenvalue weighted by Gasteiger charge is 2.29. The first-order valence-corrected chi connectivity index (χ1v) is 7.85. The third kappa shape index (κ3) is 4.10. The summed E-state index contributed by atoms with van der Waals surface area (Å²) in [5.41, 5.74) is 0.991. The number of aromatic nitrogens is 2. The van der Waals surface area contributed by atoms with E-state index in [2.05, 4.69) is 10.00 Å². The normalized spacial score (nSPS) is 17.0. The Labute approximate surface area is 136 Å². The molecule has 23 heavy (non-hydrogen) atoms. The van der Waals surface area contributed by atoms with E-state index in [4.69, 9.17) is 9.47 Å². The van der Waals surface area contributed by atoms with E-state index in [1.54, 1.807) is 13.3 Å². The van der Waals surface area contributed by atoms with Crippen molar-refractivity contribution in [2.75, 3.05) is 33.4 Å². The van der Waals surface area contributed by atoms with Crippen molar-refractivity contribution in [2.45, 2.75) is 18.8 Å². The van der Waals surface area contributed by atoms with Gasteiger partial charge in [-0.15, -0.1) is 0 Å². The van der Waals surface area contributed by atoms with Gasteiger partial charge in [-0.2, -0.15) is 5.10 Å². The van der Waals surface area contributed by atoms with Crippen LogP contribution in [-0.4, -0.2) is 59.2 Å². The molecule has 1 saturated heterocycles. The number of β-amino-alcohol motifs (C(OH)–C–C–N with tert-alkyl or cyclic N) is 1. The summed E-state index contributed by atoms with van der Waals surface area (Å²) >= 11 is 0. The molecular formula is C17H23N3O3. The van der Waals surface area contributed by atoms with Crippen molar-refractivity contribution >= 4 is 0 Å². The first kappa shape index (κ1) is 16.0. The number of para-hydroxylation sites is 1. The van der Waals surface area contributed by atoms with E-state index in [-0.39, 0.29) is 0 Å². The van der Waals surface area contributed by atoms with Crippen LogP contribution in [0, 0.1) is 0 Å². The molecular weight excluding hydrogens is 294 g/mol. The van der Waals surface area contributed by atoms with Gasteiger partial charge in [-0.25, -0.2) is 0 Å². The lowest BCUT2D eigenvalue weighted by Crippen LogP contribution is -2.51. The van der Waals surface area contributed by atoms with Crippen LogP contribution in [0.4, 0.5) is 0 Å². The monoisotopic (exact) mass is 317 g/mol. The van der Waals surface area contributed by atoms with Crippen LogP contribution < -0.4 is 4.74 Å². The molecule has 0 bridgehead atoms. The Morgan fingerprint density at radius 1 is 1.30 bits per heavy atom. The van der Waals surface area contributed by atoms with Crippen molar-refractivity contribution < 1.29 is 14.6 Å². The minimum Gasteiger partial charge on any atom is -0.496 e. The number of hydrogen-bond donors (Lipinski definition) is 1. The Kier molecular flexibility index (Phi) is 5.27. The largest absolute Gasteiger partial charge is 0.496 e. The molecule has 1 N–H and O–H groups in total. The minimum absolute atomic E-state index is 0.320. The maximum Gasteiger partial charge on any atom is 0.124 e. The zero-order valence-corrected chi connectivity index (χ0v) is 13.3. The highest BCUT2D eigenvalue weighted by molar-refractivity contribution is 5.32. The van der Waals surface area contributed by atoms with E-state index in [0.717, 1.165) is 24.4 Å². The fourth-order valence-corrected chi connectivity index (χ4v) is 2.83. The fraction of sp³-hybridized carbons (Fsp3) is 0.471. The van der Waals surface area contributed by atoms with Crippen LogP contribution in [0.2, 0.25) is 0 Å². The number of benzene rings is 1. The Morgan fingerprint density at radius 2 is 2.13 bits per heavy atom. The standard InChI is InChI=1S/C17H23N3O3/c1-22-17-6-3-2-5-14(17)12-23-13-16(21)11-19-9-15(10-19)20-8-4-7-18-20/h2-8,15-16,21H,9-13H2,1H3/t16-/m0/s1. The number of methoxy groups -OCH3 is 1. The average Bonchev–Trinajstić information content (AvgIpc) is 3.05. The topological polar surface area (TPSA) is 59.8 Å². The van der Waals surface area contributed by atoms with E-state index in [1.807, 2.05) is 41.2 Å². The van der Waals surface area contributed by atoms with Gasteiger partial charge in [0, 0.05) is 37.6 Å². The smallest absolute Gasteiger partial charge is 0.124 e. The van der Waals surface area contributed by atoms with Crippen molar-refractivity contribution in [3.8, 4) is 5.75 Å². The van der Waals surface area contributed by atoms with Crippen molar-refractivity contribution in [1.29, 1.82) is 0 Å². The maximum atomic E-state index is 10.1. The molecule has 6 heteroatoms. The van der Waals surface area contributed by atoms with E-state index < -0.39 is 6.10 Å². The molecule has 124 valence electrons. The zero-order valence-electron chi connectivity index (χ0n) is 13.3. The molecule has 0 saturated carbocycles. The van der Waals surface area contributed by atoms with E-state index in [1.165, 1.54) is 0 Å². The number of likely N-dealkylation sites (tertiary alicyclic amines) is 1. The van der Waals surface area contributed by atoms with Crippen molar-refractivity contribution in [1.82, 2.24) is 14.7 Å². The van der Waals surface area contributed by atoms with Gasteiger partial charge in [0.25, 0.3) is 0 Å². The Morgan fingerprint density at radius 3 is 2.87 bits per heavy atom. The van der Waals surface area contributed by atoms with Gasteiger partial charge in [0.15, 0.2) is 0 Å². The van der Waals surface area contributed by atoms with Gasteiger partial charge in [0.05, 0.1) is 32.5 Å². The fourth-order valence-electron chi connectivity index (χ4n) is 2.83. The van der Waals surface area contributed by atoms with Crippen molar-refractivity contribution in [3.63, 3.8) is 0 Å². The summed E-state index contributed by atoms with van der Waals surface area (Å²) in [6.45, 7) is 3.23. The molecule has 1 fully saturated rings. The lowest BCUT2D eigenvalue weighted by atomic mass is 10.1. The van der Waals surface area contributed by atoms with Gasteiger partial charge in [0.1, 0.15) is 5.75 Å². The maximum absolute atomic E-state index is 10.1. The van der Waals surface area contributed by atoms with Crippen LogP contribution in [0.25, 0.3) is 0 Å². The number of aliphatic hydroxyl groups excluding tert-OH is 1. The number of rotatable bonds is 8. The molecule has 2 heterocycles. The SMILES string of the molecule is COc1ccccc1COC[C@@H](O)CN1CC(n2cccn2)C1. The van der Waals surface area contributed by atoms with Crippen LogP contribution in [-0.2, 0) is 11.3 Å². The van der Waals surface area contributed by atoms with Gasteiger partial charge in [0.2, 0.25) is 0 Å². The van der Waals surface area contributed by atoms with Crippen LogP contribution in [0.1, 0.15) is 11.6 Å². The molecule has 0 unspecified atom stereocenters. The van der Waals surface area contributed by atoms with Gasteiger partial charge in [-0.3, -0.25) is 9.58 Å². The number of nitrogens with zero attached hydrogens (tertiary/aromatic N) is 3. The van der Waals surface area contributed by atoms with E-state index in [0.29, 0.717) is 25.8 Å². The molecule has 0 amide bonds. The Hall–Kier alpha value is -1.89. The minimum atomic E-state index is -0.483. The molecule has 0 radical (unpaired) electrons. The molecule has 1 aliphatic rings. The van der Waals surface area contributed by atoms with Crippen LogP contribution in [0.15, 0.2) is 42.7 Å². The third-order valence-electron chi connectivity index (χ3n) is 4.07. The van der Waals surface area contributed by atoms with Crippen LogP contribution in [0.3, 0.4) is 0 Å². The molecule has 6 nitrogen and oxygen atoms in total. The van der Waals surface area contributed by atoms with Gasteiger partial charge in [-0.05, 0) is 12.1 Å². The summed E-state index contributed by atoms with van der Waals surface area (Å²) in [4.78, 5) is 2.21. The van der Waals surface area contributed by atoms with Crippen molar-refractivity contribution in [3.05, 3.63) is 48.3 Å². The first-order chi connectivity index (χ1) is 11.3. The second-order valence-corrected chi connectivity index (χ2v) is 5.84. The lowest BCUT2D eigenvalue weighted by Gasteiger charge is -2.40. The second kappa shape index (κ2) is 7.59. The lowest BCUT2D eigenvalue weighted by molar-refractivity contribution is -0.0136. The van der Waals surface area contributed by atoms with Gasteiger partial charge >= 0.3 is 0 Å². The summed E-state index contributed by atoms with van der Waals surface area (Å²) in [7, 11) is 1.65. The molecule has 0 spiro atoms. The Balaban J connectivity index is 1.35. The molecule has 1 aromatic heterocycles. The predicted octanol–water partition coefficient (Wildman–Crippen LogP) is 1.33. The molecule has 0 aliphatic carbocycles. The molecule has 1 aliphatic heterocycles. The predicted molar refractivity (Wildman–Crippen MR) is 86.4 cm³/mol. The first-order valence-electron chi connectivity index (χ1n) is 7.85. The molecule has 2 aromatic rings. The number of ether oxygens (including phenoxy) is 2. The van der Waals surface area contributed by atoms with E-state index >= 15 is 0 Å². The van der Waals surface area contributed by atoms with Crippen LogP contribution in [0.5, 0.6) is 5.75 Å². The Bertz CT molecular complexity index is 597. The van der Waals surface area contributed by atoms with E-state index in [9.17, 15) is 5.11 Å². The second-order valence-electron chi connectivity index (χ2n) is 5.84. The summed E-state index contributed by atoms with van der Waals surface area (Å²) < 4.78 is 12.9. The van der Waals surface area contributed by atoms with Crippen LogP contribution >= 0.6 is 0 Å². The van der Waals surface area contributed by atoms with Gasteiger partial charge in [-0.1, -0.05) is 18.2 Å². The highest BCUT2D eigenvalue weighted by Crippen LogP contribution is 2.20. The zero-order chi connectivity index (χ0) is 16.1. The molecule has 1 aromatic carbocycles. The molecule has 1 atom stereocenters. The molecule has 3 rings (SSSR count).